The predicted octanol–water partition coefficient (Wildman–Crippen LogP) is 2.41. The van der Waals surface area contributed by atoms with Crippen molar-refractivity contribution in [2.75, 3.05) is 31.2 Å². The number of nitrogens with zero attached hydrogens (tertiary/aromatic N) is 3. The first-order chi connectivity index (χ1) is 14.2. The molecule has 2 aliphatic rings. The zero-order valence-electron chi connectivity index (χ0n) is 17.3. The van der Waals surface area contributed by atoms with Crippen LogP contribution in [0.25, 0.3) is 6.08 Å². The van der Waals surface area contributed by atoms with Crippen LogP contribution in [0, 0.1) is 12.8 Å². The van der Waals surface area contributed by atoms with E-state index < -0.39 is 15.8 Å². The summed E-state index contributed by atoms with van der Waals surface area (Å²) in [6.45, 7) is 4.84. The summed E-state index contributed by atoms with van der Waals surface area (Å²) in [7, 11) is -3.07. The molecule has 0 radical (unpaired) electrons. The summed E-state index contributed by atoms with van der Waals surface area (Å²) >= 11 is 6.39. The average molecular weight is 458 g/mol. The van der Waals surface area contributed by atoms with Crippen LogP contribution in [0.2, 0.25) is 5.15 Å². The van der Waals surface area contributed by atoms with Crippen LogP contribution >= 0.6 is 11.6 Å². The van der Waals surface area contributed by atoms with Gasteiger partial charge >= 0.3 is 5.97 Å². The van der Waals surface area contributed by atoms with Crippen molar-refractivity contribution in [1.29, 1.82) is 0 Å². The van der Waals surface area contributed by atoms with Gasteiger partial charge in [-0.15, -0.1) is 0 Å². The van der Waals surface area contributed by atoms with Crippen molar-refractivity contribution in [2.24, 2.45) is 5.92 Å². The molecule has 3 rings (SSSR count). The highest BCUT2D eigenvalue weighted by Gasteiger charge is 2.32. The number of carbonyl (C=O) groups excluding carboxylic acids is 2. The lowest BCUT2D eigenvalue weighted by Crippen LogP contribution is -2.36. The minimum absolute atomic E-state index is 0.0102. The minimum atomic E-state index is -3.07. The van der Waals surface area contributed by atoms with E-state index in [1.807, 2.05) is 6.92 Å². The lowest BCUT2D eigenvalue weighted by Gasteiger charge is -2.21. The normalized spacial score (nSPS) is 20.6. The molecule has 1 saturated carbocycles. The Labute approximate surface area is 182 Å². The summed E-state index contributed by atoms with van der Waals surface area (Å²) in [5, 5.41) is 4.63. The van der Waals surface area contributed by atoms with Gasteiger partial charge in [0.2, 0.25) is 0 Å². The largest absolute Gasteiger partial charge is 0.452 e. The summed E-state index contributed by atoms with van der Waals surface area (Å²) in [5.41, 5.74) is 1.12. The quantitative estimate of drug-likeness (QED) is 0.417. The second kappa shape index (κ2) is 9.51. The van der Waals surface area contributed by atoms with Gasteiger partial charge < -0.3 is 9.64 Å². The van der Waals surface area contributed by atoms with Gasteiger partial charge in [-0.05, 0) is 44.6 Å². The molecule has 1 aromatic rings. The van der Waals surface area contributed by atoms with Crippen molar-refractivity contribution in [2.45, 2.75) is 45.6 Å². The van der Waals surface area contributed by atoms with Crippen LogP contribution in [0.15, 0.2) is 6.08 Å². The highest BCUT2D eigenvalue weighted by molar-refractivity contribution is 7.91. The standard InChI is InChI=1S/C20H28ClN3O5S/c1-3-9-23(11-15-4-5-15)18(25)12-29-19(26)7-6-17-14(2)22-24(20(17)21)16-8-10-30(27,28)13-16/h6-7,15-16H,3-5,8-13H2,1-2H3. The van der Waals surface area contributed by atoms with Gasteiger partial charge in [0.1, 0.15) is 5.15 Å². The van der Waals surface area contributed by atoms with Gasteiger partial charge in [-0.2, -0.15) is 5.10 Å². The maximum absolute atomic E-state index is 12.3. The Kier molecular flexibility index (Phi) is 7.23. The van der Waals surface area contributed by atoms with Crippen LogP contribution < -0.4 is 0 Å². The highest BCUT2D eigenvalue weighted by atomic mass is 35.5. The molecule has 2 fully saturated rings. The lowest BCUT2D eigenvalue weighted by molar-refractivity contribution is -0.148. The van der Waals surface area contributed by atoms with Crippen molar-refractivity contribution < 1.29 is 22.7 Å². The van der Waals surface area contributed by atoms with Crippen molar-refractivity contribution in [1.82, 2.24) is 14.7 Å². The Morgan fingerprint density at radius 3 is 2.67 bits per heavy atom. The van der Waals surface area contributed by atoms with Gasteiger partial charge in [-0.3, -0.25) is 4.79 Å². The van der Waals surface area contributed by atoms with Crippen LogP contribution in [-0.4, -0.2) is 66.2 Å². The van der Waals surface area contributed by atoms with Crippen LogP contribution in [0.3, 0.4) is 0 Å². The van der Waals surface area contributed by atoms with E-state index in [2.05, 4.69) is 5.10 Å². The molecule has 1 aliphatic heterocycles. The third-order valence-electron chi connectivity index (χ3n) is 5.37. The number of amides is 1. The molecule has 8 nitrogen and oxygen atoms in total. The second-order valence-electron chi connectivity index (χ2n) is 8.02. The number of rotatable bonds is 9. The van der Waals surface area contributed by atoms with Crippen molar-refractivity contribution in [3.63, 3.8) is 0 Å². The van der Waals surface area contributed by atoms with E-state index >= 15 is 0 Å². The summed E-state index contributed by atoms with van der Waals surface area (Å²) < 4.78 is 30.1. The van der Waals surface area contributed by atoms with Gasteiger partial charge in [0, 0.05) is 24.7 Å². The number of hydrogen-bond acceptors (Lipinski definition) is 6. The molecular weight excluding hydrogens is 430 g/mol. The summed E-state index contributed by atoms with van der Waals surface area (Å²) in [4.78, 5) is 26.2. The van der Waals surface area contributed by atoms with E-state index in [9.17, 15) is 18.0 Å². The van der Waals surface area contributed by atoms with Crippen molar-refractivity contribution in [3.05, 3.63) is 22.5 Å². The summed E-state index contributed by atoms with van der Waals surface area (Å²) in [6, 6.07) is -0.302. The van der Waals surface area contributed by atoms with Gasteiger partial charge in [-0.1, -0.05) is 18.5 Å². The molecule has 0 aromatic carbocycles. The van der Waals surface area contributed by atoms with E-state index in [1.165, 1.54) is 16.8 Å². The fourth-order valence-electron chi connectivity index (χ4n) is 3.56. The monoisotopic (exact) mass is 457 g/mol. The Hall–Kier alpha value is -1.87. The highest BCUT2D eigenvalue weighted by Crippen LogP contribution is 2.31. The first-order valence-electron chi connectivity index (χ1n) is 10.3. The average Bonchev–Trinajstić information content (AvgIpc) is 3.37. The van der Waals surface area contributed by atoms with Crippen LogP contribution in [0.4, 0.5) is 0 Å². The minimum Gasteiger partial charge on any atom is -0.452 e. The Balaban J connectivity index is 1.57. The molecular formula is C20H28ClN3O5S. The Morgan fingerprint density at radius 2 is 2.07 bits per heavy atom. The smallest absolute Gasteiger partial charge is 0.331 e. The molecule has 166 valence electrons. The van der Waals surface area contributed by atoms with Crippen molar-refractivity contribution in [3.8, 4) is 0 Å². The fourth-order valence-corrected chi connectivity index (χ4v) is 5.62. The van der Waals surface area contributed by atoms with E-state index in [1.54, 1.807) is 11.8 Å². The molecule has 0 spiro atoms. The number of esters is 1. The summed E-state index contributed by atoms with van der Waals surface area (Å²) in [6.07, 6.45) is 6.32. The molecule has 1 amide bonds. The number of hydrogen-bond donors (Lipinski definition) is 0. The topological polar surface area (TPSA) is 98.6 Å². The van der Waals surface area contributed by atoms with Crippen LogP contribution in [0.1, 0.15) is 49.9 Å². The third kappa shape index (κ3) is 5.85. The number of carbonyl (C=O) groups is 2. The third-order valence-corrected chi connectivity index (χ3v) is 7.50. The molecule has 30 heavy (non-hydrogen) atoms. The molecule has 1 aromatic heterocycles. The molecule has 1 saturated heterocycles. The second-order valence-corrected chi connectivity index (χ2v) is 10.6. The van der Waals surface area contributed by atoms with Crippen LogP contribution in [0.5, 0.6) is 0 Å². The molecule has 0 bridgehead atoms. The number of ether oxygens (including phenoxy) is 1. The zero-order valence-corrected chi connectivity index (χ0v) is 18.9. The van der Waals surface area contributed by atoms with E-state index in [0.717, 1.165) is 25.8 Å². The number of halogens is 1. The molecule has 1 atom stereocenters. The summed E-state index contributed by atoms with van der Waals surface area (Å²) in [5.74, 6) is -0.120. The van der Waals surface area contributed by atoms with Gasteiger partial charge in [0.05, 0.1) is 23.2 Å². The SMILES string of the molecule is CCCN(CC1CC1)C(=O)COC(=O)C=Cc1c(C)nn(C2CCS(=O)(=O)C2)c1Cl. The van der Waals surface area contributed by atoms with Crippen molar-refractivity contribution >= 4 is 39.4 Å². The first-order valence-corrected chi connectivity index (χ1v) is 12.5. The van der Waals surface area contributed by atoms with Gasteiger partial charge in [-0.25, -0.2) is 17.9 Å². The molecule has 1 unspecified atom stereocenters. The molecule has 10 heteroatoms. The molecule has 1 aliphatic carbocycles. The molecule has 2 heterocycles. The number of aryl methyl sites for hydroxylation is 1. The van der Waals surface area contributed by atoms with E-state index in [-0.39, 0.29) is 35.2 Å². The molecule has 0 N–H and O–H groups in total. The Morgan fingerprint density at radius 1 is 1.33 bits per heavy atom. The van der Waals surface area contributed by atoms with Crippen LogP contribution in [-0.2, 0) is 24.2 Å². The first kappa shape index (κ1) is 22.8. The van der Waals surface area contributed by atoms with Gasteiger partial charge in [0.15, 0.2) is 16.4 Å². The van der Waals surface area contributed by atoms with Gasteiger partial charge in [0.25, 0.3) is 5.91 Å². The maximum Gasteiger partial charge on any atom is 0.331 e. The number of sulfone groups is 1. The maximum atomic E-state index is 12.3. The lowest BCUT2D eigenvalue weighted by atomic mass is 10.2. The zero-order chi connectivity index (χ0) is 21.9. The predicted molar refractivity (Wildman–Crippen MR) is 114 cm³/mol. The Bertz CT molecular complexity index is 936. The number of aromatic nitrogens is 2. The van der Waals surface area contributed by atoms with E-state index in [4.69, 9.17) is 16.3 Å². The fraction of sp³-hybridized carbons (Fsp3) is 0.650. The van der Waals surface area contributed by atoms with E-state index in [0.29, 0.717) is 30.1 Å².